The number of hydrogen-bond acceptors (Lipinski definition) is 4. The Labute approximate surface area is 193 Å². The Balaban J connectivity index is 1.37. The molecule has 0 radical (unpaired) electrons. The largest absolute Gasteiger partial charge is 0.480 e. The van der Waals surface area contributed by atoms with Crippen molar-refractivity contribution in [1.82, 2.24) is 10.2 Å². The van der Waals surface area contributed by atoms with Crippen LogP contribution in [0.3, 0.4) is 0 Å². The highest BCUT2D eigenvalue weighted by molar-refractivity contribution is 5.87. The molecule has 0 unspecified atom stereocenters. The second kappa shape index (κ2) is 9.65. The average molecular weight is 451 g/mol. The van der Waals surface area contributed by atoms with E-state index in [4.69, 9.17) is 9.84 Å². The summed E-state index contributed by atoms with van der Waals surface area (Å²) >= 11 is 0. The molecule has 33 heavy (non-hydrogen) atoms. The molecule has 0 aromatic heterocycles. The summed E-state index contributed by atoms with van der Waals surface area (Å²) < 4.78 is 5.59. The minimum Gasteiger partial charge on any atom is -0.480 e. The summed E-state index contributed by atoms with van der Waals surface area (Å²) in [5, 5.41) is 11.9. The lowest BCUT2D eigenvalue weighted by atomic mass is 9.67. The monoisotopic (exact) mass is 450 g/mol. The van der Waals surface area contributed by atoms with Crippen LogP contribution in [0.5, 0.6) is 0 Å². The molecule has 0 bridgehead atoms. The maximum Gasteiger partial charge on any atom is 0.407 e. The van der Waals surface area contributed by atoms with Crippen LogP contribution in [0.1, 0.15) is 49.7 Å². The Bertz CT molecular complexity index is 1000. The van der Waals surface area contributed by atoms with Crippen LogP contribution >= 0.6 is 0 Å². The first kappa shape index (κ1) is 22.8. The first-order valence-electron chi connectivity index (χ1n) is 11.6. The topological polar surface area (TPSA) is 95.9 Å². The van der Waals surface area contributed by atoms with Crippen LogP contribution in [0, 0.1) is 5.41 Å². The second-order valence-electron chi connectivity index (χ2n) is 8.93. The zero-order valence-corrected chi connectivity index (χ0v) is 18.9. The first-order valence-corrected chi connectivity index (χ1v) is 11.6. The van der Waals surface area contributed by atoms with Gasteiger partial charge in [0.2, 0.25) is 5.91 Å². The number of carbonyl (C=O) groups excluding carboxylic acids is 2. The van der Waals surface area contributed by atoms with Gasteiger partial charge in [0.1, 0.15) is 13.2 Å². The van der Waals surface area contributed by atoms with Gasteiger partial charge in [-0.15, -0.1) is 0 Å². The number of ether oxygens (including phenoxy) is 1. The third-order valence-electron chi connectivity index (χ3n) is 6.79. The molecule has 2 amide bonds. The van der Waals surface area contributed by atoms with Crippen LogP contribution < -0.4 is 5.32 Å². The Kier molecular flexibility index (Phi) is 6.67. The lowest BCUT2D eigenvalue weighted by molar-refractivity contribution is -0.153. The van der Waals surface area contributed by atoms with Gasteiger partial charge in [-0.3, -0.25) is 9.59 Å². The van der Waals surface area contributed by atoms with Crippen molar-refractivity contribution < 1.29 is 24.2 Å². The van der Waals surface area contributed by atoms with Gasteiger partial charge in [-0.05, 0) is 41.5 Å². The highest BCUT2D eigenvalue weighted by atomic mass is 16.5. The van der Waals surface area contributed by atoms with Crippen molar-refractivity contribution in [2.45, 2.75) is 38.5 Å². The van der Waals surface area contributed by atoms with E-state index in [2.05, 4.69) is 29.6 Å². The molecule has 2 aromatic carbocycles. The third kappa shape index (κ3) is 4.58. The van der Waals surface area contributed by atoms with E-state index >= 15 is 0 Å². The number of rotatable bonds is 9. The minimum atomic E-state index is -1.03. The number of amides is 2. The molecule has 0 heterocycles. The maximum atomic E-state index is 13.1. The molecule has 7 nitrogen and oxygen atoms in total. The fraction of sp³-hybridized carbons (Fsp3) is 0.423. The number of nitrogens with zero attached hydrogens (tertiary/aromatic N) is 1. The summed E-state index contributed by atoms with van der Waals surface area (Å²) in [6, 6.07) is 16.3. The molecule has 4 rings (SSSR count). The van der Waals surface area contributed by atoms with Crippen molar-refractivity contribution in [2.75, 3.05) is 26.2 Å². The SMILES string of the molecule is CCCN(CC(=O)O)C(=O)C1(CNC(=O)OCC2c3ccccc3-c3ccccc32)CCC1. The van der Waals surface area contributed by atoms with Crippen molar-refractivity contribution in [3.63, 3.8) is 0 Å². The number of fused-ring (bicyclic) bond motifs is 3. The van der Waals surface area contributed by atoms with Gasteiger partial charge in [0, 0.05) is 19.0 Å². The van der Waals surface area contributed by atoms with Gasteiger partial charge in [0.25, 0.3) is 0 Å². The molecule has 2 aliphatic rings. The molecular formula is C26H30N2O5. The van der Waals surface area contributed by atoms with Gasteiger partial charge in [0.05, 0.1) is 5.41 Å². The molecule has 0 aliphatic heterocycles. The molecule has 2 aromatic rings. The predicted molar refractivity (Wildman–Crippen MR) is 124 cm³/mol. The van der Waals surface area contributed by atoms with E-state index in [1.165, 1.54) is 4.90 Å². The summed E-state index contributed by atoms with van der Waals surface area (Å²) in [6.07, 6.45) is 2.27. The zero-order chi connectivity index (χ0) is 23.4. The number of carboxylic acids is 1. The van der Waals surface area contributed by atoms with Crippen LogP contribution in [0.15, 0.2) is 48.5 Å². The normalized spacial score (nSPS) is 15.7. The summed E-state index contributed by atoms with van der Waals surface area (Å²) in [7, 11) is 0. The fourth-order valence-corrected chi connectivity index (χ4v) is 4.98. The molecule has 0 atom stereocenters. The van der Waals surface area contributed by atoms with E-state index in [9.17, 15) is 14.4 Å². The van der Waals surface area contributed by atoms with Crippen LogP contribution in [-0.4, -0.2) is 54.2 Å². The maximum absolute atomic E-state index is 13.1. The molecule has 0 spiro atoms. The van der Waals surface area contributed by atoms with Gasteiger partial charge >= 0.3 is 12.1 Å². The minimum absolute atomic E-state index is 0.0296. The lowest BCUT2D eigenvalue weighted by Gasteiger charge is -2.43. The molecule has 2 aliphatic carbocycles. The molecule has 174 valence electrons. The summed E-state index contributed by atoms with van der Waals surface area (Å²) in [5.74, 6) is -1.26. The Morgan fingerprint density at radius 1 is 1.06 bits per heavy atom. The van der Waals surface area contributed by atoms with Crippen molar-refractivity contribution >= 4 is 18.0 Å². The fourth-order valence-electron chi connectivity index (χ4n) is 4.98. The van der Waals surface area contributed by atoms with E-state index in [1.54, 1.807) is 0 Å². The number of aliphatic carboxylic acids is 1. The first-order chi connectivity index (χ1) is 15.9. The number of carboxylic acid groups (broad SMARTS) is 1. The quantitative estimate of drug-likeness (QED) is 0.602. The Morgan fingerprint density at radius 3 is 2.18 bits per heavy atom. The Morgan fingerprint density at radius 2 is 1.67 bits per heavy atom. The van der Waals surface area contributed by atoms with Gasteiger partial charge in [-0.1, -0.05) is 61.9 Å². The average Bonchev–Trinajstić information content (AvgIpc) is 3.10. The highest BCUT2D eigenvalue weighted by Gasteiger charge is 2.46. The van der Waals surface area contributed by atoms with Crippen LogP contribution in [-0.2, 0) is 14.3 Å². The predicted octanol–water partition coefficient (Wildman–Crippen LogP) is 4.02. The van der Waals surface area contributed by atoms with Gasteiger partial charge in [0.15, 0.2) is 0 Å². The molecule has 1 saturated carbocycles. The van der Waals surface area contributed by atoms with E-state index < -0.39 is 17.5 Å². The van der Waals surface area contributed by atoms with Gasteiger partial charge in [-0.2, -0.15) is 0 Å². The molecule has 0 saturated heterocycles. The smallest absolute Gasteiger partial charge is 0.407 e. The number of nitrogens with one attached hydrogen (secondary N) is 1. The molecule has 7 heteroatoms. The Hall–Kier alpha value is -3.35. The van der Waals surface area contributed by atoms with Crippen molar-refractivity contribution in [2.24, 2.45) is 5.41 Å². The van der Waals surface area contributed by atoms with Crippen molar-refractivity contribution in [3.8, 4) is 11.1 Å². The van der Waals surface area contributed by atoms with E-state index in [0.29, 0.717) is 25.8 Å². The number of carbonyl (C=O) groups is 3. The van der Waals surface area contributed by atoms with E-state index in [1.807, 2.05) is 31.2 Å². The highest BCUT2D eigenvalue weighted by Crippen LogP contribution is 2.45. The standard InChI is InChI=1S/C26H30N2O5/c1-2-14-28(15-23(29)30)24(31)26(12-7-13-26)17-27-25(32)33-16-22-20-10-5-3-8-18(20)19-9-4-6-11-21(19)22/h3-6,8-11,22H,2,7,12-17H2,1H3,(H,27,32)(H,29,30). The van der Waals surface area contributed by atoms with Crippen LogP contribution in [0.25, 0.3) is 11.1 Å². The number of benzene rings is 2. The van der Waals surface area contributed by atoms with Crippen LogP contribution in [0.2, 0.25) is 0 Å². The number of alkyl carbamates (subject to hydrolysis) is 1. The summed E-state index contributed by atoms with van der Waals surface area (Å²) in [5.41, 5.74) is 3.86. The second-order valence-corrected chi connectivity index (χ2v) is 8.93. The molecule has 1 fully saturated rings. The van der Waals surface area contributed by atoms with Crippen molar-refractivity contribution in [3.05, 3.63) is 59.7 Å². The van der Waals surface area contributed by atoms with E-state index in [0.717, 1.165) is 28.7 Å². The van der Waals surface area contributed by atoms with E-state index in [-0.39, 0.29) is 31.5 Å². The molecular weight excluding hydrogens is 420 g/mol. The van der Waals surface area contributed by atoms with Gasteiger partial charge < -0.3 is 20.1 Å². The summed E-state index contributed by atoms with van der Waals surface area (Å²) in [4.78, 5) is 38.2. The summed E-state index contributed by atoms with van der Waals surface area (Å²) in [6.45, 7) is 2.34. The number of hydrogen-bond donors (Lipinski definition) is 2. The molecule has 2 N–H and O–H groups in total. The third-order valence-corrected chi connectivity index (χ3v) is 6.79. The lowest BCUT2D eigenvalue weighted by Crippen LogP contribution is -2.54. The van der Waals surface area contributed by atoms with Crippen molar-refractivity contribution in [1.29, 1.82) is 0 Å². The van der Waals surface area contributed by atoms with Crippen LogP contribution in [0.4, 0.5) is 4.79 Å². The van der Waals surface area contributed by atoms with Gasteiger partial charge in [-0.25, -0.2) is 4.79 Å². The zero-order valence-electron chi connectivity index (χ0n) is 18.9.